The van der Waals surface area contributed by atoms with Crippen LogP contribution in [0.25, 0.3) is 0 Å². The fourth-order valence-electron chi connectivity index (χ4n) is 2.46. The van der Waals surface area contributed by atoms with Gasteiger partial charge < -0.3 is 0 Å². The molecule has 3 N–H and O–H groups in total. The van der Waals surface area contributed by atoms with E-state index in [0.717, 1.165) is 6.07 Å². The van der Waals surface area contributed by atoms with Gasteiger partial charge in [0.2, 0.25) is 5.96 Å². The zero-order chi connectivity index (χ0) is 23.1. The Balaban J connectivity index is 2.47. The number of guanidine groups is 1. The minimum Gasteiger partial charge on any atom is -0.290 e. The summed E-state index contributed by atoms with van der Waals surface area (Å²) in [6, 6.07) is 1.50. The van der Waals surface area contributed by atoms with Crippen LogP contribution in [0.5, 0.6) is 0 Å². The monoisotopic (exact) mass is 481 g/mol. The molecule has 0 bridgehead atoms. The van der Waals surface area contributed by atoms with Crippen LogP contribution < -0.4 is 16.4 Å². The lowest BCUT2D eigenvalue weighted by atomic mass is 10.0. The molecule has 2 rings (SSSR count). The highest BCUT2D eigenvalue weighted by atomic mass is 35.5. The molecular weight excluding hydrogens is 468 g/mol. The maximum atomic E-state index is 13.8. The first-order valence-corrected chi connectivity index (χ1v) is 10.1. The first kappa shape index (κ1) is 24.0. The Morgan fingerprint density at radius 1 is 1.30 bits per heavy atom. The van der Waals surface area contributed by atoms with Crippen molar-refractivity contribution in [2.45, 2.75) is 29.6 Å². The third-order valence-corrected chi connectivity index (χ3v) is 5.51. The smallest absolute Gasteiger partial charge is 0.290 e. The molecule has 1 aromatic rings. The largest absolute Gasteiger partial charge is 0.425 e. The van der Waals surface area contributed by atoms with E-state index in [4.69, 9.17) is 11.6 Å². The molecule has 1 heterocycles. The Hall–Kier alpha value is -2.26. The number of alkyl halides is 6. The van der Waals surface area contributed by atoms with Crippen molar-refractivity contribution < 1.29 is 39.6 Å². The second-order valence-electron chi connectivity index (χ2n) is 6.20. The summed E-state index contributed by atoms with van der Waals surface area (Å²) in [5, 5.41) is 6.29. The standard InChI is InChI=1S/C14H14ClF6N5O3S/c1-26-12(23-24-25-26)22-10(27)7-4-3-6(9(8(7)15)30(2,28)29)5-13(17,18)11(16)14(19,20)21/h3-4,11,24-25H,5H2,1-2H3,(H,22,23,27). The lowest BCUT2D eigenvalue weighted by Gasteiger charge is -2.24. The van der Waals surface area contributed by atoms with Crippen molar-refractivity contribution in [3.8, 4) is 0 Å². The van der Waals surface area contributed by atoms with Gasteiger partial charge in [0, 0.05) is 19.7 Å². The van der Waals surface area contributed by atoms with E-state index < -0.39 is 61.5 Å². The van der Waals surface area contributed by atoms with Gasteiger partial charge in [-0.15, -0.1) is 10.6 Å². The molecule has 16 heteroatoms. The van der Waals surface area contributed by atoms with Crippen LogP contribution in [-0.2, 0) is 16.3 Å². The van der Waals surface area contributed by atoms with Gasteiger partial charge in [-0.1, -0.05) is 17.7 Å². The summed E-state index contributed by atoms with van der Waals surface area (Å²) in [5.74, 6) is -6.03. The lowest BCUT2D eigenvalue weighted by molar-refractivity contribution is -0.243. The number of carbonyl (C=O) groups excluding carboxylic acids is 1. The molecule has 1 aliphatic heterocycles. The summed E-state index contributed by atoms with van der Waals surface area (Å²) in [4.78, 5) is 11.4. The predicted octanol–water partition coefficient (Wildman–Crippen LogP) is 1.78. The van der Waals surface area contributed by atoms with Gasteiger partial charge in [0.25, 0.3) is 18.0 Å². The van der Waals surface area contributed by atoms with Crippen molar-refractivity contribution in [3.63, 3.8) is 0 Å². The third kappa shape index (κ3) is 5.07. The molecular formula is C14H14ClF6N5O3S. The maximum Gasteiger partial charge on any atom is 0.425 e. The van der Waals surface area contributed by atoms with Crippen molar-refractivity contribution >= 4 is 33.3 Å². The fourth-order valence-corrected chi connectivity index (χ4v) is 4.20. The quantitative estimate of drug-likeness (QED) is 0.554. The van der Waals surface area contributed by atoms with Crippen LogP contribution in [0.4, 0.5) is 26.3 Å². The number of sulfone groups is 1. The first-order valence-electron chi connectivity index (χ1n) is 7.79. The molecule has 1 unspecified atom stereocenters. The van der Waals surface area contributed by atoms with E-state index in [9.17, 15) is 39.6 Å². The molecule has 0 aliphatic carbocycles. The summed E-state index contributed by atoms with van der Waals surface area (Å²) < 4.78 is 102. The van der Waals surface area contributed by atoms with Crippen molar-refractivity contribution in [1.29, 1.82) is 0 Å². The summed E-state index contributed by atoms with van der Waals surface area (Å²) >= 11 is 5.93. The molecule has 0 fully saturated rings. The zero-order valence-electron chi connectivity index (χ0n) is 15.1. The summed E-state index contributed by atoms with van der Waals surface area (Å²) in [5.41, 5.74) is 3.39. The van der Waals surface area contributed by atoms with Crippen molar-refractivity contribution in [2.24, 2.45) is 5.10 Å². The molecule has 8 nitrogen and oxygen atoms in total. The molecule has 0 saturated heterocycles. The van der Waals surface area contributed by atoms with Crippen LogP contribution in [0, 0.1) is 0 Å². The van der Waals surface area contributed by atoms with Gasteiger partial charge in [-0.05, 0) is 11.6 Å². The average Bonchev–Trinajstić information content (AvgIpc) is 2.96. The predicted molar refractivity (Wildman–Crippen MR) is 93.1 cm³/mol. The van der Waals surface area contributed by atoms with Crippen molar-refractivity contribution in [1.82, 2.24) is 21.4 Å². The SMILES string of the molecule is CN1NNN=C1NC(=O)c1ccc(CC(F)(F)C(F)C(F)(F)F)c(S(C)(=O)=O)c1Cl. The van der Waals surface area contributed by atoms with Crippen molar-refractivity contribution in [2.75, 3.05) is 13.3 Å². The first-order chi connectivity index (χ1) is 13.6. The van der Waals surface area contributed by atoms with Gasteiger partial charge >= 0.3 is 6.18 Å². The van der Waals surface area contributed by atoms with E-state index in [2.05, 4.69) is 21.5 Å². The number of nitrogens with zero attached hydrogens (tertiary/aromatic N) is 2. The highest BCUT2D eigenvalue weighted by molar-refractivity contribution is 7.90. The molecule has 1 aliphatic rings. The molecule has 0 spiro atoms. The normalized spacial score (nSPS) is 16.2. The van der Waals surface area contributed by atoms with Crippen LogP contribution in [0.2, 0.25) is 5.02 Å². The zero-order valence-corrected chi connectivity index (χ0v) is 16.7. The van der Waals surface area contributed by atoms with Gasteiger partial charge in [0.15, 0.2) is 9.84 Å². The van der Waals surface area contributed by atoms with Gasteiger partial charge in [0.1, 0.15) is 0 Å². The summed E-state index contributed by atoms with van der Waals surface area (Å²) in [7, 11) is -2.96. The summed E-state index contributed by atoms with van der Waals surface area (Å²) in [6.07, 6.45) is -11.8. The van der Waals surface area contributed by atoms with E-state index in [1.54, 1.807) is 0 Å². The molecule has 1 atom stereocenters. The number of amides is 1. The fraction of sp³-hybridized carbons (Fsp3) is 0.429. The number of hydrogen-bond acceptors (Lipinski definition) is 7. The Kier molecular flexibility index (Phi) is 6.49. The Labute approximate surface area is 171 Å². The van der Waals surface area contributed by atoms with Crippen molar-refractivity contribution in [3.05, 3.63) is 28.3 Å². The van der Waals surface area contributed by atoms with Crippen LogP contribution in [0.1, 0.15) is 15.9 Å². The molecule has 1 amide bonds. The van der Waals surface area contributed by atoms with E-state index >= 15 is 0 Å². The second-order valence-corrected chi connectivity index (χ2v) is 8.53. The van der Waals surface area contributed by atoms with Crippen LogP contribution in [0.15, 0.2) is 22.1 Å². The Morgan fingerprint density at radius 3 is 2.37 bits per heavy atom. The van der Waals surface area contributed by atoms with Gasteiger partial charge in [-0.25, -0.2) is 27.1 Å². The summed E-state index contributed by atoms with van der Waals surface area (Å²) in [6.45, 7) is 0. The van der Waals surface area contributed by atoms with Gasteiger partial charge in [-0.2, -0.15) is 13.2 Å². The van der Waals surface area contributed by atoms with E-state index in [1.807, 2.05) is 0 Å². The Bertz CT molecular complexity index is 985. The van der Waals surface area contributed by atoms with E-state index in [0.29, 0.717) is 12.3 Å². The third-order valence-electron chi connectivity index (χ3n) is 3.80. The second kappa shape index (κ2) is 8.11. The molecule has 0 radical (unpaired) electrons. The van der Waals surface area contributed by atoms with E-state index in [-0.39, 0.29) is 5.96 Å². The topological polar surface area (TPSA) is 103 Å². The molecule has 0 saturated carbocycles. The number of carbonyl (C=O) groups is 1. The minimum atomic E-state index is -5.87. The molecule has 30 heavy (non-hydrogen) atoms. The number of hydrazine groups is 2. The van der Waals surface area contributed by atoms with Gasteiger partial charge in [-0.3, -0.25) is 15.1 Å². The highest BCUT2D eigenvalue weighted by Gasteiger charge is 2.56. The van der Waals surface area contributed by atoms with Crippen LogP contribution >= 0.6 is 11.6 Å². The Morgan fingerprint density at radius 2 is 1.90 bits per heavy atom. The van der Waals surface area contributed by atoms with Crippen LogP contribution in [-0.4, -0.2) is 56.9 Å². The van der Waals surface area contributed by atoms with Gasteiger partial charge in [0.05, 0.1) is 15.5 Å². The highest BCUT2D eigenvalue weighted by Crippen LogP contribution is 2.39. The molecule has 168 valence electrons. The van der Waals surface area contributed by atoms with Crippen LogP contribution in [0.3, 0.4) is 0 Å². The maximum absolute atomic E-state index is 13.8. The molecule has 1 aromatic carbocycles. The number of hydrogen-bond donors (Lipinski definition) is 3. The number of benzene rings is 1. The minimum absolute atomic E-state index is 0.0574. The molecule has 0 aromatic heterocycles. The number of nitrogens with one attached hydrogen (secondary N) is 3. The average molecular weight is 482 g/mol. The van der Waals surface area contributed by atoms with E-state index in [1.165, 1.54) is 12.1 Å². The number of rotatable bonds is 5. The number of halogens is 7. The number of hydrazone groups is 1. The lowest BCUT2D eigenvalue weighted by Crippen LogP contribution is -2.45.